The molecule has 0 aliphatic carbocycles. The molecule has 1 saturated heterocycles. The van der Waals surface area contributed by atoms with Crippen molar-refractivity contribution in [2.75, 3.05) is 11.5 Å². The van der Waals surface area contributed by atoms with Gasteiger partial charge in [-0.25, -0.2) is 8.42 Å². The summed E-state index contributed by atoms with van der Waals surface area (Å²) >= 11 is 0. The van der Waals surface area contributed by atoms with E-state index in [1.807, 2.05) is 35.3 Å². The monoisotopic (exact) mass is 305 g/mol. The molecule has 1 fully saturated rings. The Morgan fingerprint density at radius 2 is 2.05 bits per heavy atom. The highest BCUT2D eigenvalue weighted by molar-refractivity contribution is 7.91. The van der Waals surface area contributed by atoms with E-state index in [-0.39, 0.29) is 11.8 Å². The van der Waals surface area contributed by atoms with Gasteiger partial charge in [0.25, 0.3) is 0 Å². The van der Waals surface area contributed by atoms with Gasteiger partial charge in [-0.1, -0.05) is 30.3 Å². The maximum Gasteiger partial charge on any atom is 0.151 e. The number of rotatable bonds is 5. The highest BCUT2D eigenvalue weighted by Gasteiger charge is 2.27. The molecule has 1 aromatic carbocycles. The van der Waals surface area contributed by atoms with Gasteiger partial charge in [-0.15, -0.1) is 0 Å². The number of nitrogens with zero attached hydrogens (tertiary/aromatic N) is 2. The van der Waals surface area contributed by atoms with Gasteiger partial charge in [0.15, 0.2) is 9.84 Å². The lowest BCUT2D eigenvalue weighted by molar-refractivity contribution is 0.553. The molecule has 0 amide bonds. The Kier molecular flexibility index (Phi) is 4.07. The van der Waals surface area contributed by atoms with E-state index in [1.165, 1.54) is 5.56 Å². The lowest BCUT2D eigenvalue weighted by Gasteiger charge is -2.08. The Morgan fingerprint density at radius 3 is 2.76 bits per heavy atom. The minimum Gasteiger partial charge on any atom is -0.309 e. The standard InChI is InChI=1S/C15H19N3O2S/c19-21(20)7-6-15(12-21)16-8-14-9-17-18(11-14)10-13-4-2-1-3-5-13/h1-5,9,11,15-16H,6-8,10,12H2. The average Bonchev–Trinajstić information content (AvgIpc) is 3.04. The summed E-state index contributed by atoms with van der Waals surface area (Å²) in [5.74, 6) is 0.559. The summed E-state index contributed by atoms with van der Waals surface area (Å²) in [5.41, 5.74) is 2.29. The number of hydrogen-bond acceptors (Lipinski definition) is 4. The molecule has 1 aromatic heterocycles. The van der Waals surface area contributed by atoms with E-state index in [4.69, 9.17) is 0 Å². The molecule has 21 heavy (non-hydrogen) atoms. The molecule has 1 atom stereocenters. The van der Waals surface area contributed by atoms with Crippen molar-refractivity contribution in [2.45, 2.75) is 25.6 Å². The van der Waals surface area contributed by atoms with Crippen LogP contribution in [0.2, 0.25) is 0 Å². The summed E-state index contributed by atoms with van der Waals surface area (Å²) in [6.45, 7) is 1.41. The van der Waals surface area contributed by atoms with Crippen LogP contribution in [0.1, 0.15) is 17.5 Å². The largest absolute Gasteiger partial charge is 0.309 e. The second-order valence-corrected chi connectivity index (χ2v) is 7.74. The first kappa shape index (κ1) is 14.3. The van der Waals surface area contributed by atoms with Crippen LogP contribution in [-0.2, 0) is 22.9 Å². The van der Waals surface area contributed by atoms with Crippen molar-refractivity contribution in [3.63, 3.8) is 0 Å². The van der Waals surface area contributed by atoms with Crippen molar-refractivity contribution < 1.29 is 8.42 Å². The molecular weight excluding hydrogens is 286 g/mol. The van der Waals surface area contributed by atoms with Crippen molar-refractivity contribution >= 4 is 9.84 Å². The zero-order chi connectivity index (χ0) is 14.7. The van der Waals surface area contributed by atoms with Crippen molar-refractivity contribution in [1.29, 1.82) is 0 Å². The fourth-order valence-corrected chi connectivity index (χ4v) is 4.28. The van der Waals surface area contributed by atoms with Gasteiger partial charge >= 0.3 is 0 Å². The molecule has 0 bridgehead atoms. The lowest BCUT2D eigenvalue weighted by Crippen LogP contribution is -2.29. The second-order valence-electron chi connectivity index (χ2n) is 5.51. The SMILES string of the molecule is O=S1(=O)CCC(NCc2cnn(Cc3ccccc3)c2)C1. The Balaban J connectivity index is 1.54. The van der Waals surface area contributed by atoms with Crippen LogP contribution in [0.15, 0.2) is 42.7 Å². The van der Waals surface area contributed by atoms with Crippen molar-refractivity contribution in [3.8, 4) is 0 Å². The van der Waals surface area contributed by atoms with Crippen LogP contribution in [0.3, 0.4) is 0 Å². The van der Waals surface area contributed by atoms with Gasteiger partial charge in [0, 0.05) is 24.3 Å². The third-order valence-electron chi connectivity index (χ3n) is 3.70. The highest BCUT2D eigenvalue weighted by atomic mass is 32.2. The van der Waals surface area contributed by atoms with Crippen LogP contribution in [0.25, 0.3) is 0 Å². The quantitative estimate of drug-likeness (QED) is 0.902. The zero-order valence-electron chi connectivity index (χ0n) is 11.8. The fraction of sp³-hybridized carbons (Fsp3) is 0.400. The summed E-state index contributed by atoms with van der Waals surface area (Å²) in [4.78, 5) is 0. The fourth-order valence-electron chi connectivity index (χ4n) is 2.57. The third-order valence-corrected chi connectivity index (χ3v) is 5.47. The molecule has 1 aliphatic rings. The van der Waals surface area contributed by atoms with Gasteiger partial charge in [-0.2, -0.15) is 5.10 Å². The van der Waals surface area contributed by atoms with Crippen LogP contribution in [-0.4, -0.2) is 35.7 Å². The first-order chi connectivity index (χ1) is 10.1. The molecule has 2 heterocycles. The van der Waals surface area contributed by atoms with E-state index in [1.54, 1.807) is 0 Å². The van der Waals surface area contributed by atoms with Crippen LogP contribution in [0, 0.1) is 0 Å². The van der Waals surface area contributed by atoms with Gasteiger partial charge < -0.3 is 5.32 Å². The van der Waals surface area contributed by atoms with Gasteiger partial charge in [0.1, 0.15) is 0 Å². The minimum atomic E-state index is -2.82. The summed E-state index contributed by atoms with van der Waals surface area (Å²) in [6.07, 6.45) is 4.54. The number of sulfone groups is 1. The molecule has 0 spiro atoms. The Bertz CT molecular complexity index is 695. The maximum absolute atomic E-state index is 11.4. The minimum absolute atomic E-state index is 0.0764. The summed E-state index contributed by atoms with van der Waals surface area (Å²) in [7, 11) is -2.82. The van der Waals surface area contributed by atoms with Gasteiger partial charge in [0.05, 0.1) is 24.2 Å². The Hall–Kier alpha value is -1.66. The molecule has 3 rings (SSSR count). The predicted octanol–water partition coefficient (Wildman–Crippen LogP) is 1.21. The highest BCUT2D eigenvalue weighted by Crippen LogP contribution is 2.12. The van der Waals surface area contributed by atoms with Crippen LogP contribution in [0.5, 0.6) is 0 Å². The molecular formula is C15H19N3O2S. The van der Waals surface area contributed by atoms with E-state index < -0.39 is 9.84 Å². The van der Waals surface area contributed by atoms with E-state index in [2.05, 4.69) is 22.5 Å². The second kappa shape index (κ2) is 5.99. The summed E-state index contributed by atoms with van der Waals surface area (Å²) in [6, 6.07) is 10.3. The molecule has 0 radical (unpaired) electrons. The molecule has 1 N–H and O–H groups in total. The summed E-state index contributed by atoms with van der Waals surface area (Å²) in [5, 5.41) is 7.64. The van der Waals surface area contributed by atoms with E-state index in [0.29, 0.717) is 18.7 Å². The predicted molar refractivity (Wildman–Crippen MR) is 81.7 cm³/mol. The molecule has 5 nitrogen and oxygen atoms in total. The molecule has 6 heteroatoms. The van der Waals surface area contributed by atoms with Crippen molar-refractivity contribution in [2.24, 2.45) is 0 Å². The van der Waals surface area contributed by atoms with Crippen LogP contribution >= 0.6 is 0 Å². The third kappa shape index (κ3) is 3.92. The van der Waals surface area contributed by atoms with Crippen LogP contribution in [0.4, 0.5) is 0 Å². The maximum atomic E-state index is 11.4. The first-order valence-electron chi connectivity index (χ1n) is 7.10. The number of nitrogens with one attached hydrogen (secondary N) is 1. The molecule has 2 aromatic rings. The molecule has 1 unspecified atom stereocenters. The topological polar surface area (TPSA) is 64.0 Å². The van der Waals surface area contributed by atoms with E-state index >= 15 is 0 Å². The molecule has 0 saturated carbocycles. The van der Waals surface area contributed by atoms with Crippen molar-refractivity contribution in [3.05, 3.63) is 53.9 Å². The van der Waals surface area contributed by atoms with Gasteiger partial charge in [-0.05, 0) is 12.0 Å². The Labute approximate surface area is 124 Å². The zero-order valence-corrected chi connectivity index (χ0v) is 12.6. The van der Waals surface area contributed by atoms with Gasteiger partial charge in [0.2, 0.25) is 0 Å². The van der Waals surface area contributed by atoms with Crippen molar-refractivity contribution in [1.82, 2.24) is 15.1 Å². The smallest absolute Gasteiger partial charge is 0.151 e. The number of hydrogen-bond donors (Lipinski definition) is 1. The molecule has 112 valence electrons. The Morgan fingerprint density at radius 1 is 1.24 bits per heavy atom. The first-order valence-corrected chi connectivity index (χ1v) is 8.92. The average molecular weight is 305 g/mol. The van der Waals surface area contributed by atoms with E-state index in [0.717, 1.165) is 12.1 Å². The van der Waals surface area contributed by atoms with E-state index in [9.17, 15) is 8.42 Å². The van der Waals surface area contributed by atoms with Gasteiger partial charge in [-0.3, -0.25) is 4.68 Å². The lowest BCUT2D eigenvalue weighted by atomic mass is 10.2. The van der Waals surface area contributed by atoms with Crippen LogP contribution < -0.4 is 5.32 Å². The molecule has 1 aliphatic heterocycles. The number of aromatic nitrogens is 2. The number of benzene rings is 1. The summed E-state index contributed by atoms with van der Waals surface area (Å²) < 4.78 is 24.7. The normalized spacial score (nSPS) is 20.7.